The third-order valence-corrected chi connectivity index (χ3v) is 6.91. The Balaban J connectivity index is 1.25. The monoisotopic (exact) mass is 459 g/mol. The fourth-order valence-corrected chi connectivity index (χ4v) is 4.85. The van der Waals surface area contributed by atoms with Crippen molar-refractivity contribution in [3.8, 4) is 5.75 Å². The number of ether oxygens (including phenoxy) is 2. The Morgan fingerprint density at radius 3 is 2.24 bits per heavy atom. The van der Waals surface area contributed by atoms with Crippen LogP contribution in [0.2, 0.25) is 0 Å². The fourth-order valence-electron chi connectivity index (χ4n) is 4.85. The molecular formula is C24H37N5O4. The quantitative estimate of drug-likeness (QED) is 0.656. The number of piperazine rings is 1. The lowest BCUT2D eigenvalue weighted by Gasteiger charge is -2.36. The first-order chi connectivity index (χ1) is 16.1. The van der Waals surface area contributed by atoms with Gasteiger partial charge >= 0.3 is 6.03 Å². The summed E-state index contributed by atoms with van der Waals surface area (Å²) in [5.41, 5.74) is 1.20. The zero-order valence-electron chi connectivity index (χ0n) is 19.7. The van der Waals surface area contributed by atoms with Crippen LogP contribution in [0.25, 0.3) is 0 Å². The number of rotatable bonds is 7. The van der Waals surface area contributed by atoms with Crippen molar-refractivity contribution in [1.29, 1.82) is 0 Å². The van der Waals surface area contributed by atoms with Crippen molar-refractivity contribution in [1.82, 2.24) is 24.9 Å². The number of benzene rings is 1. The van der Waals surface area contributed by atoms with Gasteiger partial charge in [0.05, 0.1) is 32.9 Å². The van der Waals surface area contributed by atoms with Gasteiger partial charge in [0.2, 0.25) is 5.91 Å². The van der Waals surface area contributed by atoms with Gasteiger partial charge < -0.3 is 24.6 Å². The lowest BCUT2D eigenvalue weighted by atomic mass is 10.1. The molecule has 3 heterocycles. The molecule has 1 unspecified atom stereocenters. The number of hydrogen-bond acceptors (Lipinski definition) is 6. The number of hydrogen-bond donors (Lipinski definition) is 1. The second-order valence-electron chi connectivity index (χ2n) is 8.97. The molecule has 0 spiro atoms. The number of carbonyl (C=O) groups excluding carboxylic acids is 2. The number of methoxy groups -OCH3 is 1. The van der Waals surface area contributed by atoms with Gasteiger partial charge in [-0.1, -0.05) is 12.1 Å². The zero-order valence-corrected chi connectivity index (χ0v) is 19.7. The van der Waals surface area contributed by atoms with E-state index in [1.54, 1.807) is 7.11 Å². The first-order valence-electron chi connectivity index (χ1n) is 12.1. The molecule has 9 nitrogen and oxygen atoms in total. The summed E-state index contributed by atoms with van der Waals surface area (Å²) in [4.78, 5) is 33.7. The molecule has 3 aliphatic rings. The van der Waals surface area contributed by atoms with Crippen LogP contribution >= 0.6 is 0 Å². The molecule has 9 heteroatoms. The van der Waals surface area contributed by atoms with E-state index in [4.69, 9.17) is 9.47 Å². The average Bonchev–Trinajstić information content (AvgIpc) is 3.40. The van der Waals surface area contributed by atoms with Gasteiger partial charge in [0.15, 0.2) is 0 Å². The lowest BCUT2D eigenvalue weighted by Crippen LogP contribution is -2.55. The minimum absolute atomic E-state index is 0.0214. The SMILES string of the molecule is COc1ccc(C(CNC(=O)N2CCN(CC(=O)N3CCOCC3)CC2)N2CCCC2)cc1. The van der Waals surface area contributed by atoms with Crippen LogP contribution in [0.1, 0.15) is 24.4 Å². The highest BCUT2D eigenvalue weighted by molar-refractivity contribution is 5.78. The first-order valence-corrected chi connectivity index (χ1v) is 12.1. The van der Waals surface area contributed by atoms with Crippen molar-refractivity contribution in [2.45, 2.75) is 18.9 Å². The molecule has 3 saturated heterocycles. The highest BCUT2D eigenvalue weighted by atomic mass is 16.5. The van der Waals surface area contributed by atoms with E-state index in [1.165, 1.54) is 18.4 Å². The largest absolute Gasteiger partial charge is 0.497 e. The third-order valence-electron chi connectivity index (χ3n) is 6.91. The van der Waals surface area contributed by atoms with Crippen molar-refractivity contribution in [3.63, 3.8) is 0 Å². The summed E-state index contributed by atoms with van der Waals surface area (Å²) in [6.45, 7) is 8.42. The van der Waals surface area contributed by atoms with Gasteiger partial charge in [-0.3, -0.25) is 14.6 Å². The Morgan fingerprint density at radius 1 is 0.939 bits per heavy atom. The zero-order chi connectivity index (χ0) is 23.0. The summed E-state index contributed by atoms with van der Waals surface area (Å²) in [6.07, 6.45) is 2.40. The molecule has 1 aromatic carbocycles. The average molecular weight is 460 g/mol. The third kappa shape index (κ3) is 6.37. The molecule has 3 fully saturated rings. The molecule has 0 aromatic heterocycles. The predicted molar refractivity (Wildman–Crippen MR) is 125 cm³/mol. The number of likely N-dealkylation sites (tertiary alicyclic amines) is 1. The van der Waals surface area contributed by atoms with Crippen molar-refractivity contribution >= 4 is 11.9 Å². The van der Waals surface area contributed by atoms with Gasteiger partial charge in [0.25, 0.3) is 0 Å². The van der Waals surface area contributed by atoms with E-state index in [1.807, 2.05) is 21.9 Å². The Labute approximate surface area is 196 Å². The minimum Gasteiger partial charge on any atom is -0.497 e. The molecular weight excluding hydrogens is 422 g/mol. The minimum atomic E-state index is -0.0214. The summed E-state index contributed by atoms with van der Waals surface area (Å²) in [5.74, 6) is 0.997. The van der Waals surface area contributed by atoms with Crippen molar-refractivity contribution in [2.75, 3.05) is 85.8 Å². The highest BCUT2D eigenvalue weighted by Crippen LogP contribution is 2.26. The number of nitrogens with zero attached hydrogens (tertiary/aromatic N) is 4. The van der Waals surface area contributed by atoms with E-state index in [2.05, 4.69) is 27.2 Å². The lowest BCUT2D eigenvalue weighted by molar-refractivity contribution is -0.136. The molecule has 0 bridgehead atoms. The van der Waals surface area contributed by atoms with Crippen LogP contribution in [0.4, 0.5) is 4.79 Å². The van der Waals surface area contributed by atoms with E-state index in [0.29, 0.717) is 52.5 Å². The van der Waals surface area contributed by atoms with E-state index < -0.39 is 0 Å². The van der Waals surface area contributed by atoms with Gasteiger partial charge in [-0.25, -0.2) is 4.79 Å². The molecule has 182 valence electrons. The molecule has 33 heavy (non-hydrogen) atoms. The van der Waals surface area contributed by atoms with Crippen LogP contribution in [-0.4, -0.2) is 117 Å². The molecule has 3 amide bonds. The van der Waals surface area contributed by atoms with Gasteiger partial charge in [0.1, 0.15) is 5.75 Å². The molecule has 0 saturated carbocycles. The Morgan fingerprint density at radius 2 is 1.61 bits per heavy atom. The number of amides is 3. The van der Waals surface area contributed by atoms with Gasteiger partial charge in [0, 0.05) is 45.8 Å². The van der Waals surface area contributed by atoms with Crippen LogP contribution in [0, 0.1) is 0 Å². The Hall–Kier alpha value is -2.36. The maximum absolute atomic E-state index is 12.9. The highest BCUT2D eigenvalue weighted by Gasteiger charge is 2.27. The van der Waals surface area contributed by atoms with Gasteiger partial charge in [-0.15, -0.1) is 0 Å². The molecule has 0 radical (unpaired) electrons. The summed E-state index contributed by atoms with van der Waals surface area (Å²) in [6, 6.07) is 8.30. The smallest absolute Gasteiger partial charge is 0.317 e. The molecule has 3 aliphatic heterocycles. The van der Waals surface area contributed by atoms with Crippen molar-refractivity contribution in [3.05, 3.63) is 29.8 Å². The van der Waals surface area contributed by atoms with Crippen LogP contribution in [0.5, 0.6) is 5.75 Å². The van der Waals surface area contributed by atoms with Crippen LogP contribution in [-0.2, 0) is 9.53 Å². The second-order valence-corrected chi connectivity index (χ2v) is 8.97. The van der Waals surface area contributed by atoms with Crippen molar-refractivity contribution < 1.29 is 19.1 Å². The number of nitrogens with one attached hydrogen (secondary N) is 1. The summed E-state index contributed by atoms with van der Waals surface area (Å²) in [7, 11) is 1.67. The number of urea groups is 1. The topological polar surface area (TPSA) is 77.6 Å². The normalized spacial score (nSPS) is 21.1. The molecule has 1 aromatic rings. The molecule has 4 rings (SSSR count). The maximum Gasteiger partial charge on any atom is 0.317 e. The van der Waals surface area contributed by atoms with Crippen molar-refractivity contribution in [2.24, 2.45) is 0 Å². The molecule has 1 N–H and O–H groups in total. The molecule has 0 aliphatic carbocycles. The van der Waals surface area contributed by atoms with Crippen LogP contribution in [0.3, 0.4) is 0 Å². The van der Waals surface area contributed by atoms with E-state index in [0.717, 1.165) is 31.9 Å². The first kappa shape index (κ1) is 23.8. The fraction of sp³-hybridized carbons (Fsp3) is 0.667. The maximum atomic E-state index is 12.9. The number of carbonyl (C=O) groups is 2. The van der Waals surface area contributed by atoms with E-state index >= 15 is 0 Å². The predicted octanol–water partition coefficient (Wildman–Crippen LogP) is 1.02. The standard InChI is InChI=1S/C24H37N5O4/c1-32-21-6-4-20(5-7-21)22(27-8-2-3-9-27)18-25-24(31)29-12-10-26(11-13-29)19-23(30)28-14-16-33-17-15-28/h4-7,22H,2-3,8-19H2,1H3,(H,25,31). The summed E-state index contributed by atoms with van der Waals surface area (Å²) >= 11 is 0. The molecule has 1 atom stereocenters. The summed E-state index contributed by atoms with van der Waals surface area (Å²) in [5, 5.41) is 3.17. The van der Waals surface area contributed by atoms with Gasteiger partial charge in [-0.2, -0.15) is 0 Å². The van der Waals surface area contributed by atoms with Crippen LogP contribution in [0.15, 0.2) is 24.3 Å². The number of morpholine rings is 1. The van der Waals surface area contributed by atoms with E-state index in [-0.39, 0.29) is 18.0 Å². The second kappa shape index (κ2) is 11.7. The summed E-state index contributed by atoms with van der Waals surface area (Å²) < 4.78 is 10.6. The van der Waals surface area contributed by atoms with Gasteiger partial charge in [-0.05, 0) is 43.6 Å². The van der Waals surface area contributed by atoms with E-state index in [9.17, 15) is 9.59 Å². The Kier molecular flexibility index (Phi) is 8.41. The Bertz CT molecular complexity index is 770. The van der Waals surface area contributed by atoms with Crippen LogP contribution < -0.4 is 10.1 Å².